The number of carboxylic acids is 1. The molecule has 0 bridgehead atoms. The summed E-state index contributed by atoms with van der Waals surface area (Å²) in [5.41, 5.74) is 2.66. The van der Waals surface area contributed by atoms with Crippen molar-refractivity contribution >= 4 is 52.3 Å². The number of halogens is 2. The van der Waals surface area contributed by atoms with Gasteiger partial charge < -0.3 is 25.2 Å². The van der Waals surface area contributed by atoms with E-state index in [1.54, 1.807) is 41.1 Å². The third-order valence-corrected chi connectivity index (χ3v) is 5.90. The molecule has 0 aliphatic heterocycles. The highest BCUT2D eigenvalue weighted by atomic mass is 35.5. The maximum absolute atomic E-state index is 13.0. The minimum Gasteiger partial charge on any atom is -0.477 e. The van der Waals surface area contributed by atoms with Gasteiger partial charge in [0.05, 0.1) is 21.4 Å². The molecule has 0 saturated heterocycles. The average molecular weight is 517 g/mol. The van der Waals surface area contributed by atoms with Crippen LogP contribution < -0.4 is 15.5 Å². The Labute approximate surface area is 215 Å². The van der Waals surface area contributed by atoms with Crippen molar-refractivity contribution in [2.45, 2.75) is 27.7 Å². The summed E-state index contributed by atoms with van der Waals surface area (Å²) in [6, 6.07) is 13.1. The van der Waals surface area contributed by atoms with Crippen LogP contribution in [0.5, 0.6) is 0 Å². The number of nitrogens with one attached hydrogen (secondary N) is 2. The molecule has 0 radical (unpaired) electrons. The second kappa shape index (κ2) is 11.5. The minimum atomic E-state index is -1.04. The van der Waals surface area contributed by atoms with Gasteiger partial charge in [-0.25, -0.2) is 9.59 Å². The fraction of sp³-hybridized carbons (Fsp3) is 0.308. The second-order valence-corrected chi connectivity index (χ2v) is 9.99. The van der Waals surface area contributed by atoms with Crippen LogP contribution in [0.3, 0.4) is 0 Å². The highest BCUT2D eigenvalue weighted by Gasteiger charge is 2.19. The van der Waals surface area contributed by atoms with E-state index in [9.17, 15) is 14.7 Å². The van der Waals surface area contributed by atoms with Gasteiger partial charge in [0.1, 0.15) is 5.69 Å². The highest BCUT2D eigenvalue weighted by molar-refractivity contribution is 6.42. The number of hydrogen-bond donors (Lipinski definition) is 3. The molecule has 0 unspecified atom stereocenters. The van der Waals surface area contributed by atoms with Crippen LogP contribution in [0, 0.1) is 11.8 Å². The Balaban J connectivity index is 2.00. The topological polar surface area (TPSA) is 86.6 Å². The summed E-state index contributed by atoms with van der Waals surface area (Å²) in [5, 5.41) is 16.0. The number of benzene rings is 2. The molecule has 2 amide bonds. The quantitative estimate of drug-likeness (QED) is 0.279. The first-order chi connectivity index (χ1) is 16.5. The second-order valence-electron chi connectivity index (χ2n) is 9.17. The van der Waals surface area contributed by atoms with Crippen molar-refractivity contribution in [1.29, 1.82) is 0 Å². The molecule has 35 heavy (non-hydrogen) atoms. The molecule has 3 aromatic rings. The molecule has 0 aliphatic carbocycles. The zero-order valence-corrected chi connectivity index (χ0v) is 21.7. The lowest BCUT2D eigenvalue weighted by Crippen LogP contribution is -2.32. The van der Waals surface area contributed by atoms with Crippen molar-refractivity contribution in [3.8, 4) is 5.69 Å². The molecular weight excluding hydrogens is 487 g/mol. The molecule has 3 N–H and O–H groups in total. The summed E-state index contributed by atoms with van der Waals surface area (Å²) in [7, 11) is 0. The van der Waals surface area contributed by atoms with E-state index in [1.165, 1.54) is 6.07 Å². The third kappa shape index (κ3) is 6.93. The first-order valence-electron chi connectivity index (χ1n) is 11.4. The number of nitrogens with zero attached hydrogens (tertiary/aromatic N) is 2. The molecule has 2 aromatic carbocycles. The summed E-state index contributed by atoms with van der Waals surface area (Å²) in [4.78, 5) is 26.9. The monoisotopic (exact) mass is 516 g/mol. The largest absolute Gasteiger partial charge is 0.477 e. The summed E-state index contributed by atoms with van der Waals surface area (Å²) in [6.07, 6.45) is 1.68. The lowest BCUT2D eigenvalue weighted by molar-refractivity contribution is 0.0688. The molecule has 1 aromatic heterocycles. The fourth-order valence-electron chi connectivity index (χ4n) is 3.84. The standard InChI is InChI=1S/C26H30Cl2N4O3/c1-16(2)14-31(15-17(3)4)23-10-8-19(32-11-5-6-24(32)25(33)34)13-22(23)30-26(35)29-18-7-9-20(27)21(28)12-18/h5-13,16-17H,14-15H2,1-4H3,(H,33,34)(H2,29,30,35). The molecule has 186 valence electrons. The normalized spacial score (nSPS) is 11.1. The molecule has 3 rings (SSSR count). The summed E-state index contributed by atoms with van der Waals surface area (Å²) >= 11 is 12.1. The van der Waals surface area contributed by atoms with Crippen molar-refractivity contribution in [2.24, 2.45) is 11.8 Å². The Kier molecular flexibility index (Phi) is 8.70. The van der Waals surface area contributed by atoms with E-state index >= 15 is 0 Å². The number of rotatable bonds is 9. The van der Waals surface area contributed by atoms with Gasteiger partial charge >= 0.3 is 12.0 Å². The molecule has 0 atom stereocenters. The van der Waals surface area contributed by atoms with Gasteiger partial charge in [0.2, 0.25) is 0 Å². The van der Waals surface area contributed by atoms with Crippen molar-refractivity contribution in [3.63, 3.8) is 0 Å². The SMILES string of the molecule is CC(C)CN(CC(C)C)c1ccc(-n2cccc2C(=O)O)cc1NC(=O)Nc1ccc(Cl)c(Cl)c1. The van der Waals surface area contributed by atoms with Gasteiger partial charge in [0, 0.05) is 30.7 Å². The van der Waals surface area contributed by atoms with Crippen LogP contribution in [-0.4, -0.2) is 34.8 Å². The van der Waals surface area contributed by atoms with Gasteiger partial charge in [0.25, 0.3) is 0 Å². The Hall–Kier alpha value is -3.16. The van der Waals surface area contributed by atoms with Gasteiger partial charge in [-0.2, -0.15) is 0 Å². The lowest BCUT2D eigenvalue weighted by Gasteiger charge is -2.31. The Bertz CT molecular complexity index is 1200. The predicted octanol–water partition coefficient (Wildman–Crippen LogP) is 7.24. The van der Waals surface area contributed by atoms with Gasteiger partial charge in [0.15, 0.2) is 0 Å². The number of amides is 2. The van der Waals surface area contributed by atoms with Crippen molar-refractivity contribution in [3.05, 3.63) is 70.5 Å². The van der Waals surface area contributed by atoms with E-state index in [-0.39, 0.29) is 5.69 Å². The van der Waals surface area contributed by atoms with Crippen LogP contribution in [0.4, 0.5) is 21.9 Å². The van der Waals surface area contributed by atoms with Crippen LogP contribution in [0.2, 0.25) is 10.0 Å². The van der Waals surface area contributed by atoms with Crippen LogP contribution in [-0.2, 0) is 0 Å². The molecule has 0 fully saturated rings. The number of carbonyl (C=O) groups is 2. The van der Waals surface area contributed by atoms with Gasteiger partial charge in [-0.05, 0) is 60.4 Å². The van der Waals surface area contributed by atoms with E-state index in [0.717, 1.165) is 18.8 Å². The number of carbonyl (C=O) groups excluding carboxylic acids is 1. The first kappa shape index (κ1) is 26.4. The van der Waals surface area contributed by atoms with Crippen molar-refractivity contribution in [1.82, 2.24) is 4.57 Å². The maximum Gasteiger partial charge on any atom is 0.352 e. The molecule has 9 heteroatoms. The van der Waals surface area contributed by atoms with Crippen LogP contribution in [0.1, 0.15) is 38.2 Å². The summed E-state index contributed by atoms with van der Waals surface area (Å²) in [6.45, 7) is 10.2. The lowest BCUT2D eigenvalue weighted by atomic mass is 10.1. The first-order valence-corrected chi connectivity index (χ1v) is 12.1. The number of hydrogen-bond acceptors (Lipinski definition) is 3. The fourth-order valence-corrected chi connectivity index (χ4v) is 4.14. The Morgan fingerprint density at radius 2 is 1.63 bits per heavy atom. The zero-order valence-electron chi connectivity index (χ0n) is 20.2. The molecular formula is C26H30Cl2N4O3. The number of urea groups is 1. The van der Waals surface area contributed by atoms with E-state index in [2.05, 4.69) is 43.2 Å². The van der Waals surface area contributed by atoms with Crippen LogP contribution in [0.25, 0.3) is 5.69 Å². The number of carboxylic acid groups (broad SMARTS) is 1. The van der Waals surface area contributed by atoms with Gasteiger partial charge in [-0.1, -0.05) is 50.9 Å². The minimum absolute atomic E-state index is 0.130. The Morgan fingerprint density at radius 3 is 2.23 bits per heavy atom. The third-order valence-electron chi connectivity index (χ3n) is 5.16. The molecule has 0 aliphatic rings. The zero-order chi connectivity index (χ0) is 25.7. The molecule has 7 nitrogen and oxygen atoms in total. The molecule has 0 spiro atoms. The van der Waals surface area contributed by atoms with Crippen molar-refractivity contribution in [2.75, 3.05) is 28.6 Å². The van der Waals surface area contributed by atoms with Gasteiger partial charge in [-0.3, -0.25) is 0 Å². The van der Waals surface area contributed by atoms with Crippen molar-refractivity contribution < 1.29 is 14.7 Å². The Morgan fingerprint density at radius 1 is 0.943 bits per heavy atom. The number of anilines is 3. The highest BCUT2D eigenvalue weighted by Crippen LogP contribution is 2.31. The van der Waals surface area contributed by atoms with Crippen LogP contribution in [0.15, 0.2) is 54.7 Å². The van der Waals surface area contributed by atoms with Crippen LogP contribution >= 0.6 is 23.2 Å². The number of aromatic carboxylic acids is 1. The van der Waals surface area contributed by atoms with E-state index in [4.69, 9.17) is 23.2 Å². The predicted molar refractivity (Wildman–Crippen MR) is 144 cm³/mol. The summed E-state index contributed by atoms with van der Waals surface area (Å²) < 4.78 is 1.57. The average Bonchev–Trinajstić information content (AvgIpc) is 3.25. The van der Waals surface area contributed by atoms with E-state index in [0.29, 0.717) is 38.9 Å². The van der Waals surface area contributed by atoms with Gasteiger partial charge in [-0.15, -0.1) is 0 Å². The van der Waals surface area contributed by atoms with E-state index < -0.39 is 12.0 Å². The number of aromatic nitrogens is 1. The molecule has 1 heterocycles. The van der Waals surface area contributed by atoms with E-state index in [1.807, 2.05) is 12.1 Å². The maximum atomic E-state index is 13.0. The smallest absolute Gasteiger partial charge is 0.352 e. The molecule has 0 saturated carbocycles. The summed E-state index contributed by atoms with van der Waals surface area (Å²) in [5.74, 6) is -0.240.